The summed E-state index contributed by atoms with van der Waals surface area (Å²) in [7, 11) is 0. The first-order valence-corrected chi connectivity index (χ1v) is 6.70. The smallest absolute Gasteiger partial charge is 0.0590 e. The normalized spacial score (nSPS) is 26.9. The zero-order chi connectivity index (χ0) is 12.0. The van der Waals surface area contributed by atoms with Crippen molar-refractivity contribution in [1.82, 2.24) is 5.32 Å². The molecule has 94 valence electrons. The molecule has 1 saturated heterocycles. The van der Waals surface area contributed by atoms with Crippen molar-refractivity contribution >= 4 is 0 Å². The summed E-state index contributed by atoms with van der Waals surface area (Å²) in [5.41, 5.74) is 1.35. The molecular formula is C14H27NO. The molecule has 0 aromatic carbocycles. The molecule has 0 bridgehead atoms. The molecule has 0 aromatic rings. The standard InChI is InChI=1S/C14H27NO/c1-5-8-15-14(10-11(3)6-2)13-7-9-16-12(13)4/h12-15H,3,5-10H2,1-2,4H3. The number of hydrogen-bond donors (Lipinski definition) is 1. The molecular weight excluding hydrogens is 198 g/mol. The van der Waals surface area contributed by atoms with E-state index in [4.69, 9.17) is 4.74 Å². The lowest BCUT2D eigenvalue weighted by atomic mass is 9.88. The summed E-state index contributed by atoms with van der Waals surface area (Å²) in [6.45, 7) is 12.8. The van der Waals surface area contributed by atoms with Crippen LogP contribution in [0.5, 0.6) is 0 Å². The quantitative estimate of drug-likeness (QED) is 0.672. The summed E-state index contributed by atoms with van der Waals surface area (Å²) in [5, 5.41) is 3.67. The number of ether oxygens (including phenoxy) is 1. The Bertz CT molecular complexity index is 215. The summed E-state index contributed by atoms with van der Waals surface area (Å²) >= 11 is 0. The molecule has 0 aromatic heterocycles. The van der Waals surface area contributed by atoms with Crippen LogP contribution in [0.1, 0.15) is 46.5 Å². The highest BCUT2D eigenvalue weighted by molar-refractivity contribution is 4.99. The van der Waals surface area contributed by atoms with Crippen molar-refractivity contribution in [2.24, 2.45) is 5.92 Å². The topological polar surface area (TPSA) is 21.3 Å². The second kappa shape index (κ2) is 7.08. The first-order chi connectivity index (χ1) is 7.69. The van der Waals surface area contributed by atoms with Gasteiger partial charge in [0, 0.05) is 18.6 Å². The van der Waals surface area contributed by atoms with Gasteiger partial charge in [0.1, 0.15) is 0 Å². The average Bonchev–Trinajstić information content (AvgIpc) is 2.70. The van der Waals surface area contributed by atoms with Crippen molar-refractivity contribution in [3.05, 3.63) is 12.2 Å². The monoisotopic (exact) mass is 225 g/mol. The van der Waals surface area contributed by atoms with Gasteiger partial charge in [0.25, 0.3) is 0 Å². The van der Waals surface area contributed by atoms with Crippen LogP contribution < -0.4 is 5.32 Å². The Morgan fingerprint density at radius 3 is 2.75 bits per heavy atom. The largest absolute Gasteiger partial charge is 0.378 e. The van der Waals surface area contributed by atoms with Crippen molar-refractivity contribution in [2.75, 3.05) is 13.2 Å². The summed E-state index contributed by atoms with van der Waals surface area (Å²) in [6, 6.07) is 0.560. The third-order valence-electron chi connectivity index (χ3n) is 3.62. The van der Waals surface area contributed by atoms with Crippen LogP contribution >= 0.6 is 0 Å². The predicted molar refractivity (Wildman–Crippen MR) is 69.7 cm³/mol. The van der Waals surface area contributed by atoms with Crippen LogP contribution in [0, 0.1) is 5.92 Å². The highest BCUT2D eigenvalue weighted by Gasteiger charge is 2.31. The van der Waals surface area contributed by atoms with E-state index in [1.807, 2.05) is 0 Å². The molecule has 1 fully saturated rings. The fraction of sp³-hybridized carbons (Fsp3) is 0.857. The molecule has 0 radical (unpaired) electrons. The zero-order valence-electron chi connectivity index (χ0n) is 11.1. The van der Waals surface area contributed by atoms with Gasteiger partial charge < -0.3 is 10.1 Å². The summed E-state index contributed by atoms with van der Waals surface area (Å²) in [4.78, 5) is 0. The van der Waals surface area contributed by atoms with Gasteiger partial charge in [-0.2, -0.15) is 0 Å². The molecule has 0 saturated carbocycles. The van der Waals surface area contributed by atoms with Gasteiger partial charge in [0.15, 0.2) is 0 Å². The Labute approximate surface area is 100 Å². The van der Waals surface area contributed by atoms with E-state index in [9.17, 15) is 0 Å². The number of hydrogen-bond acceptors (Lipinski definition) is 2. The van der Waals surface area contributed by atoms with Crippen molar-refractivity contribution in [2.45, 2.75) is 58.6 Å². The van der Waals surface area contributed by atoms with Crippen LogP contribution in [-0.2, 0) is 4.74 Å². The molecule has 0 spiro atoms. The summed E-state index contributed by atoms with van der Waals surface area (Å²) in [6.07, 6.45) is 4.98. The van der Waals surface area contributed by atoms with E-state index in [0.29, 0.717) is 18.1 Å². The molecule has 1 aliphatic rings. The molecule has 1 aliphatic heterocycles. The minimum atomic E-state index is 0.402. The molecule has 16 heavy (non-hydrogen) atoms. The maximum atomic E-state index is 5.67. The number of rotatable bonds is 7. The van der Waals surface area contributed by atoms with Gasteiger partial charge in [-0.05, 0) is 39.2 Å². The molecule has 1 heterocycles. The fourth-order valence-corrected chi connectivity index (χ4v) is 2.44. The predicted octanol–water partition coefficient (Wildman–Crippen LogP) is 3.14. The summed E-state index contributed by atoms with van der Waals surface area (Å²) < 4.78 is 5.67. The van der Waals surface area contributed by atoms with Crippen LogP contribution in [0.4, 0.5) is 0 Å². The summed E-state index contributed by atoms with van der Waals surface area (Å²) in [5.74, 6) is 0.662. The van der Waals surface area contributed by atoms with Gasteiger partial charge in [0.2, 0.25) is 0 Å². The van der Waals surface area contributed by atoms with Crippen LogP contribution in [0.15, 0.2) is 12.2 Å². The zero-order valence-corrected chi connectivity index (χ0v) is 11.1. The highest BCUT2D eigenvalue weighted by atomic mass is 16.5. The fourth-order valence-electron chi connectivity index (χ4n) is 2.44. The Hall–Kier alpha value is -0.340. The lowest BCUT2D eigenvalue weighted by Crippen LogP contribution is -2.39. The molecule has 1 rings (SSSR count). The Balaban J connectivity index is 2.51. The van der Waals surface area contributed by atoms with Crippen LogP contribution in [-0.4, -0.2) is 25.3 Å². The molecule has 2 nitrogen and oxygen atoms in total. The third-order valence-corrected chi connectivity index (χ3v) is 3.62. The van der Waals surface area contributed by atoms with Crippen molar-refractivity contribution in [1.29, 1.82) is 0 Å². The maximum absolute atomic E-state index is 5.67. The second-order valence-electron chi connectivity index (χ2n) is 4.90. The maximum Gasteiger partial charge on any atom is 0.0590 e. The van der Waals surface area contributed by atoms with E-state index >= 15 is 0 Å². The van der Waals surface area contributed by atoms with Gasteiger partial charge in [-0.25, -0.2) is 0 Å². The van der Waals surface area contributed by atoms with Gasteiger partial charge in [-0.15, -0.1) is 0 Å². The Kier molecular flexibility index (Phi) is 6.07. The first kappa shape index (κ1) is 13.7. The van der Waals surface area contributed by atoms with Gasteiger partial charge >= 0.3 is 0 Å². The Morgan fingerprint density at radius 1 is 1.50 bits per heavy atom. The van der Waals surface area contributed by atoms with E-state index in [0.717, 1.165) is 26.0 Å². The van der Waals surface area contributed by atoms with E-state index in [-0.39, 0.29) is 0 Å². The van der Waals surface area contributed by atoms with Crippen LogP contribution in [0.3, 0.4) is 0 Å². The molecule has 2 heteroatoms. The molecule has 0 amide bonds. The van der Waals surface area contributed by atoms with E-state index in [2.05, 4.69) is 32.7 Å². The van der Waals surface area contributed by atoms with E-state index in [1.54, 1.807) is 0 Å². The molecule has 3 unspecified atom stereocenters. The average molecular weight is 225 g/mol. The minimum absolute atomic E-state index is 0.402. The van der Waals surface area contributed by atoms with Gasteiger partial charge in [0.05, 0.1) is 6.10 Å². The Morgan fingerprint density at radius 2 is 2.25 bits per heavy atom. The lowest BCUT2D eigenvalue weighted by molar-refractivity contribution is 0.0953. The van der Waals surface area contributed by atoms with E-state index in [1.165, 1.54) is 18.4 Å². The third kappa shape index (κ3) is 3.91. The van der Waals surface area contributed by atoms with Gasteiger partial charge in [-0.1, -0.05) is 26.0 Å². The van der Waals surface area contributed by atoms with Crippen molar-refractivity contribution in [3.63, 3.8) is 0 Å². The second-order valence-corrected chi connectivity index (χ2v) is 4.90. The molecule has 3 atom stereocenters. The van der Waals surface area contributed by atoms with Crippen molar-refractivity contribution < 1.29 is 4.74 Å². The molecule has 0 aliphatic carbocycles. The van der Waals surface area contributed by atoms with Crippen LogP contribution in [0.2, 0.25) is 0 Å². The highest BCUT2D eigenvalue weighted by Crippen LogP contribution is 2.27. The minimum Gasteiger partial charge on any atom is -0.378 e. The first-order valence-electron chi connectivity index (χ1n) is 6.70. The van der Waals surface area contributed by atoms with Crippen LogP contribution in [0.25, 0.3) is 0 Å². The molecule has 1 N–H and O–H groups in total. The van der Waals surface area contributed by atoms with E-state index < -0.39 is 0 Å². The van der Waals surface area contributed by atoms with Gasteiger partial charge in [-0.3, -0.25) is 0 Å². The lowest BCUT2D eigenvalue weighted by Gasteiger charge is -2.27. The van der Waals surface area contributed by atoms with Crippen molar-refractivity contribution in [3.8, 4) is 0 Å². The SMILES string of the molecule is C=C(CC)CC(NCCC)C1CCOC1C. The number of nitrogens with one attached hydrogen (secondary N) is 1.